The molecule has 2 aliphatic rings. The maximum absolute atomic E-state index is 13.3. The minimum Gasteiger partial charge on any atom is -0.463 e. The van der Waals surface area contributed by atoms with E-state index in [1.54, 1.807) is 0 Å². The first-order valence-corrected chi connectivity index (χ1v) is 24.2. The molecule has 53 heavy (non-hydrogen) atoms. The number of hydrogen-bond acceptors (Lipinski definition) is 11. The number of nitrogens with zero attached hydrogens (tertiary/aromatic N) is 3. The Hall–Kier alpha value is -2.93. The molecule has 0 aliphatic carbocycles. The number of H-pyrrole nitrogens is 1. The van der Waals surface area contributed by atoms with Crippen molar-refractivity contribution in [3.63, 3.8) is 0 Å². The van der Waals surface area contributed by atoms with Crippen LogP contribution in [0.25, 0.3) is 11.1 Å². The molecule has 0 bridgehead atoms. The molecule has 2 aromatic rings. The van der Waals surface area contributed by atoms with Gasteiger partial charge in [-0.2, -0.15) is 10.1 Å². The Morgan fingerprint density at radius 3 is 1.77 bits per heavy atom. The molecule has 0 unspecified atom stereocenters. The molecule has 4 rings (SSSR count). The summed E-state index contributed by atoms with van der Waals surface area (Å²) in [5.41, 5.74) is -0.450. The highest BCUT2D eigenvalue weighted by molar-refractivity contribution is 6.74. The van der Waals surface area contributed by atoms with Crippen molar-refractivity contribution >= 4 is 28.6 Å². The third-order valence-electron chi connectivity index (χ3n) is 12.1. The summed E-state index contributed by atoms with van der Waals surface area (Å²) in [5, 5.41) is 4.17. The number of carbonyl (C=O) groups is 2. The van der Waals surface area contributed by atoms with Gasteiger partial charge >= 0.3 is 17.6 Å². The Labute approximate surface area is 316 Å². The van der Waals surface area contributed by atoms with E-state index in [9.17, 15) is 19.2 Å². The van der Waals surface area contributed by atoms with Crippen LogP contribution in [0.5, 0.6) is 0 Å². The van der Waals surface area contributed by atoms with Gasteiger partial charge in [0.15, 0.2) is 0 Å². The van der Waals surface area contributed by atoms with Gasteiger partial charge in [-0.1, -0.05) is 65.8 Å². The molecule has 2 fully saturated rings. The van der Waals surface area contributed by atoms with Gasteiger partial charge < -0.3 is 23.3 Å². The molecule has 2 aliphatic heterocycles. The van der Waals surface area contributed by atoms with E-state index in [1.807, 2.05) is 24.3 Å². The largest absolute Gasteiger partial charge is 0.463 e. The van der Waals surface area contributed by atoms with Crippen LogP contribution >= 0.6 is 0 Å². The summed E-state index contributed by atoms with van der Waals surface area (Å²) < 4.78 is 32.3. The van der Waals surface area contributed by atoms with E-state index in [-0.39, 0.29) is 28.7 Å². The number of nitrogens with one attached hydrogen (secondary N) is 1. The molecule has 1 aromatic carbocycles. The van der Waals surface area contributed by atoms with E-state index in [0.29, 0.717) is 5.56 Å². The second kappa shape index (κ2) is 14.6. The summed E-state index contributed by atoms with van der Waals surface area (Å²) in [6.07, 6.45) is -1.26. The second-order valence-electron chi connectivity index (χ2n) is 18.5. The number of hydroxylamine groups is 4. The molecule has 3 heterocycles. The Morgan fingerprint density at radius 2 is 1.34 bits per heavy atom. The van der Waals surface area contributed by atoms with Gasteiger partial charge in [-0.25, -0.2) is 4.79 Å². The molecule has 0 amide bonds. The lowest BCUT2D eigenvalue weighted by atomic mass is 9.84. The average molecular weight is 775 g/mol. The van der Waals surface area contributed by atoms with Gasteiger partial charge in [0.25, 0.3) is 5.56 Å². The maximum Gasteiger partial charge on any atom is 0.330 e. The number of aromatic nitrogens is 2. The molecule has 0 saturated carbocycles. The fourth-order valence-electron chi connectivity index (χ4n) is 5.91. The monoisotopic (exact) mass is 774 g/mol. The normalized spacial score (nSPS) is 23.0. The lowest BCUT2D eigenvalue weighted by Gasteiger charge is -2.46. The van der Waals surface area contributed by atoms with Gasteiger partial charge in [0.05, 0.1) is 16.6 Å². The molecular formula is C38H62N4O9Si2. The molecule has 2 saturated heterocycles. The van der Waals surface area contributed by atoms with E-state index in [1.165, 1.54) is 24.6 Å². The van der Waals surface area contributed by atoms with E-state index < -0.39 is 75.5 Å². The number of carbonyl (C=O) groups excluding carboxylic acids is 2. The zero-order valence-electron chi connectivity index (χ0n) is 34.6. The number of rotatable bonds is 10. The van der Waals surface area contributed by atoms with Gasteiger partial charge in [0.1, 0.15) is 31.2 Å². The van der Waals surface area contributed by atoms with Crippen LogP contribution in [0.4, 0.5) is 0 Å². The smallest absolute Gasteiger partial charge is 0.330 e. The quantitative estimate of drug-likeness (QED) is 0.196. The lowest BCUT2D eigenvalue weighted by molar-refractivity contribution is -0.204. The van der Waals surface area contributed by atoms with Crippen LogP contribution in [0.15, 0.2) is 40.1 Å². The van der Waals surface area contributed by atoms with Crippen LogP contribution in [0.2, 0.25) is 36.3 Å². The van der Waals surface area contributed by atoms with Crippen molar-refractivity contribution in [2.45, 2.75) is 161 Å². The molecule has 296 valence electrons. The summed E-state index contributed by atoms with van der Waals surface area (Å²) in [6.45, 7) is 33.5. The molecule has 3 atom stereocenters. The van der Waals surface area contributed by atoms with Gasteiger partial charge in [0, 0.05) is 26.5 Å². The summed E-state index contributed by atoms with van der Waals surface area (Å²) in [7, 11) is -4.67. The summed E-state index contributed by atoms with van der Waals surface area (Å²) in [6, 6.07) is 7.69. The second-order valence-corrected chi connectivity index (χ2v) is 27.9. The van der Waals surface area contributed by atoms with Crippen LogP contribution in [-0.4, -0.2) is 78.1 Å². The van der Waals surface area contributed by atoms with Crippen molar-refractivity contribution < 1.29 is 32.9 Å². The summed E-state index contributed by atoms with van der Waals surface area (Å²) in [5.74, 6) is -1.04. The van der Waals surface area contributed by atoms with E-state index in [0.717, 1.165) is 5.56 Å². The van der Waals surface area contributed by atoms with Crippen molar-refractivity contribution in [1.29, 1.82) is 0 Å². The first kappa shape index (κ1) is 42.8. The summed E-state index contributed by atoms with van der Waals surface area (Å²) in [4.78, 5) is 52.1. The minimum absolute atomic E-state index is 0.0544. The predicted molar refractivity (Wildman–Crippen MR) is 209 cm³/mol. The van der Waals surface area contributed by atoms with Crippen molar-refractivity contribution in [2.24, 2.45) is 0 Å². The highest BCUT2D eigenvalue weighted by Gasteiger charge is 2.63. The molecule has 0 radical (unpaired) electrons. The van der Waals surface area contributed by atoms with Crippen LogP contribution < -0.4 is 11.2 Å². The zero-order chi connectivity index (χ0) is 40.3. The van der Waals surface area contributed by atoms with Crippen LogP contribution in [0, 0.1) is 0 Å². The van der Waals surface area contributed by atoms with Crippen molar-refractivity contribution in [1.82, 2.24) is 19.7 Å². The predicted octanol–water partition coefficient (Wildman–Crippen LogP) is 7.03. The summed E-state index contributed by atoms with van der Waals surface area (Å²) >= 11 is 0. The van der Waals surface area contributed by atoms with Gasteiger partial charge in [-0.15, -0.1) is 0 Å². The number of aromatic amines is 1. The minimum atomic E-state index is -2.33. The van der Waals surface area contributed by atoms with Crippen LogP contribution in [0.3, 0.4) is 0 Å². The maximum atomic E-state index is 13.3. The topological polar surface area (TPSA) is 142 Å². The van der Waals surface area contributed by atoms with E-state index in [2.05, 4.69) is 111 Å². The van der Waals surface area contributed by atoms with Crippen molar-refractivity contribution in [3.8, 4) is 11.1 Å². The van der Waals surface area contributed by atoms with Gasteiger partial charge in [0.2, 0.25) is 16.6 Å². The first-order valence-electron chi connectivity index (χ1n) is 18.4. The van der Waals surface area contributed by atoms with Crippen molar-refractivity contribution in [3.05, 3.63) is 56.9 Å². The first-order chi connectivity index (χ1) is 24.0. The third-order valence-corrected chi connectivity index (χ3v) is 20.6. The molecule has 1 aromatic heterocycles. The Kier molecular flexibility index (Phi) is 11.8. The van der Waals surface area contributed by atoms with E-state index in [4.69, 9.17) is 23.3 Å². The number of esters is 2. The van der Waals surface area contributed by atoms with E-state index >= 15 is 0 Å². The van der Waals surface area contributed by atoms with Gasteiger partial charge in [-0.3, -0.25) is 23.9 Å². The average Bonchev–Trinajstić information content (AvgIpc) is 3.44. The number of hydrogen-bond donors (Lipinski definition) is 1. The molecule has 13 nitrogen and oxygen atoms in total. The number of benzene rings is 1. The highest BCUT2D eigenvalue weighted by Crippen LogP contribution is 2.54. The fraction of sp³-hybridized carbons (Fsp3) is 0.684. The fourth-order valence-corrected chi connectivity index (χ4v) is 8.10. The molecule has 1 N–H and O–H groups in total. The third kappa shape index (κ3) is 8.51. The van der Waals surface area contributed by atoms with Crippen molar-refractivity contribution in [2.75, 3.05) is 6.61 Å². The molecule has 0 spiro atoms. The zero-order valence-corrected chi connectivity index (χ0v) is 36.6. The van der Waals surface area contributed by atoms with Crippen LogP contribution in [-0.2, 0) is 32.9 Å². The Bertz CT molecular complexity index is 1740. The highest BCUT2D eigenvalue weighted by atomic mass is 28.4. The van der Waals surface area contributed by atoms with Crippen LogP contribution in [0.1, 0.15) is 107 Å². The molecule has 15 heteroatoms. The Balaban J connectivity index is 1.78. The molecular weight excluding hydrogens is 713 g/mol. The Morgan fingerprint density at radius 1 is 0.849 bits per heavy atom. The van der Waals surface area contributed by atoms with Gasteiger partial charge in [-0.05, 0) is 75.1 Å². The number of ether oxygens (including phenoxy) is 3. The SMILES string of the molecule is CC(=O)OC[C@H]1O[C@@H](n2cc(-c3ccc(C4N(O[Si](C)(C)C(C)(C)C)C(C)(C)C(C)(C)N4O[Si](C)(C)C(C)(C)C)cc3)c(=O)[nH]c2=O)C[C@@H]1OC(C)=O. The standard InChI is InChI=1S/C38H62N4O9Si2/c1-24(43)47-23-30-29(48-25(2)44)21-31(49-30)40-22-28(32(45)39-34(40)46)26-17-19-27(20-18-26)33-41(50-52(13,14)35(3,4)5)37(9,10)38(11,12)42(33)51-53(15,16)36(6,7)8/h17-20,22,29-31,33H,21,23H2,1-16H3,(H,39,45,46)/t29-,30+,31+/m0/s1. The lowest BCUT2D eigenvalue weighted by Crippen LogP contribution is -2.58.